The predicted molar refractivity (Wildman–Crippen MR) is 71.4 cm³/mol. The van der Waals surface area contributed by atoms with Gasteiger partial charge in [-0.05, 0) is 48.5 Å². The van der Waals surface area contributed by atoms with Crippen molar-refractivity contribution in [1.29, 1.82) is 0 Å². The molecule has 0 radical (unpaired) electrons. The second-order valence-electron chi connectivity index (χ2n) is 4.23. The molecule has 1 amide bonds. The second kappa shape index (κ2) is 5.87. The Kier molecular flexibility index (Phi) is 4.16. The van der Waals surface area contributed by atoms with E-state index in [-0.39, 0.29) is 11.7 Å². The van der Waals surface area contributed by atoms with E-state index in [2.05, 4.69) is 5.32 Å². The molecule has 0 saturated heterocycles. The summed E-state index contributed by atoms with van der Waals surface area (Å²) < 4.78 is 42.7. The van der Waals surface area contributed by atoms with Crippen LogP contribution < -0.4 is 10.1 Å². The molecular formula is C15H12F3NO2. The zero-order chi connectivity index (χ0) is 15.5. The lowest BCUT2D eigenvalue weighted by atomic mass is 10.2. The summed E-state index contributed by atoms with van der Waals surface area (Å²) in [4.78, 5) is 11.4. The van der Waals surface area contributed by atoms with Gasteiger partial charge in [0.25, 0.3) is 5.91 Å². The molecule has 1 N–H and O–H groups in total. The lowest BCUT2D eigenvalue weighted by Gasteiger charge is -2.09. The number of benzene rings is 2. The molecule has 21 heavy (non-hydrogen) atoms. The zero-order valence-corrected chi connectivity index (χ0v) is 11.1. The van der Waals surface area contributed by atoms with Gasteiger partial charge in [0.15, 0.2) is 0 Å². The highest BCUT2D eigenvalue weighted by atomic mass is 19.4. The van der Waals surface area contributed by atoms with Crippen LogP contribution in [-0.4, -0.2) is 13.0 Å². The number of carbonyl (C=O) groups is 1. The first-order valence-electron chi connectivity index (χ1n) is 6.07. The van der Waals surface area contributed by atoms with Gasteiger partial charge in [-0.15, -0.1) is 0 Å². The van der Waals surface area contributed by atoms with Crippen LogP contribution in [0.15, 0.2) is 48.5 Å². The highest BCUT2D eigenvalue weighted by Crippen LogP contribution is 2.31. The summed E-state index contributed by atoms with van der Waals surface area (Å²) in [5.41, 5.74) is -0.262. The topological polar surface area (TPSA) is 38.3 Å². The number of alkyl halides is 3. The van der Waals surface area contributed by atoms with Gasteiger partial charge in [0.1, 0.15) is 11.5 Å². The van der Waals surface area contributed by atoms with Gasteiger partial charge in [-0.1, -0.05) is 0 Å². The van der Waals surface area contributed by atoms with Crippen molar-refractivity contribution in [3.05, 3.63) is 59.7 Å². The molecule has 6 heteroatoms. The lowest BCUT2D eigenvalue weighted by Crippen LogP contribution is -2.17. The van der Waals surface area contributed by atoms with Crippen molar-refractivity contribution >= 4 is 5.91 Å². The number of ether oxygens (including phenoxy) is 1. The molecular weight excluding hydrogens is 283 g/mol. The van der Waals surface area contributed by atoms with Crippen molar-refractivity contribution in [2.75, 3.05) is 7.05 Å². The van der Waals surface area contributed by atoms with Crippen molar-refractivity contribution < 1.29 is 22.7 Å². The molecule has 3 nitrogen and oxygen atoms in total. The van der Waals surface area contributed by atoms with Crippen LogP contribution in [-0.2, 0) is 6.18 Å². The van der Waals surface area contributed by atoms with E-state index in [4.69, 9.17) is 4.74 Å². The minimum atomic E-state index is -4.37. The largest absolute Gasteiger partial charge is 0.457 e. The van der Waals surface area contributed by atoms with Crippen LogP contribution in [0.4, 0.5) is 13.2 Å². The summed E-state index contributed by atoms with van der Waals surface area (Å²) in [6, 6.07) is 10.7. The SMILES string of the molecule is CNC(=O)c1ccc(Oc2ccc(C(F)(F)F)cc2)cc1. The Morgan fingerprint density at radius 2 is 1.43 bits per heavy atom. The molecule has 0 spiro atoms. The molecule has 0 aliphatic rings. The van der Waals surface area contributed by atoms with Crippen LogP contribution in [0.25, 0.3) is 0 Å². The normalized spacial score (nSPS) is 11.0. The van der Waals surface area contributed by atoms with Crippen molar-refractivity contribution in [3.8, 4) is 11.5 Å². The third-order valence-corrected chi connectivity index (χ3v) is 2.76. The minimum absolute atomic E-state index is 0.226. The van der Waals surface area contributed by atoms with Crippen LogP contribution in [0, 0.1) is 0 Å². The standard InChI is InChI=1S/C15H12F3NO2/c1-19-14(20)10-2-6-12(7-3-10)21-13-8-4-11(5-9-13)15(16,17)18/h2-9H,1H3,(H,19,20). The maximum atomic E-state index is 12.4. The fourth-order valence-electron chi connectivity index (χ4n) is 1.67. The average molecular weight is 295 g/mol. The monoisotopic (exact) mass is 295 g/mol. The van der Waals surface area contributed by atoms with Crippen LogP contribution in [0.5, 0.6) is 11.5 Å². The van der Waals surface area contributed by atoms with Gasteiger partial charge in [-0.25, -0.2) is 0 Å². The van der Waals surface area contributed by atoms with E-state index < -0.39 is 11.7 Å². The van der Waals surface area contributed by atoms with Gasteiger partial charge in [0.05, 0.1) is 5.56 Å². The van der Waals surface area contributed by atoms with Gasteiger partial charge < -0.3 is 10.1 Å². The summed E-state index contributed by atoms with van der Waals surface area (Å²) >= 11 is 0. The number of nitrogens with one attached hydrogen (secondary N) is 1. The molecule has 0 aliphatic heterocycles. The van der Waals surface area contributed by atoms with E-state index in [0.29, 0.717) is 11.3 Å². The minimum Gasteiger partial charge on any atom is -0.457 e. The Labute approximate surface area is 119 Å². The maximum absolute atomic E-state index is 12.4. The Morgan fingerprint density at radius 3 is 1.86 bits per heavy atom. The first-order chi connectivity index (χ1) is 9.90. The van der Waals surface area contributed by atoms with Gasteiger partial charge in [-0.2, -0.15) is 13.2 Å². The van der Waals surface area contributed by atoms with Gasteiger partial charge in [0.2, 0.25) is 0 Å². The van der Waals surface area contributed by atoms with E-state index in [1.165, 1.54) is 19.2 Å². The molecule has 0 bridgehead atoms. The number of carbonyl (C=O) groups excluding carboxylic acids is 1. The van der Waals surface area contributed by atoms with Crippen LogP contribution in [0.1, 0.15) is 15.9 Å². The first-order valence-corrected chi connectivity index (χ1v) is 6.07. The fourth-order valence-corrected chi connectivity index (χ4v) is 1.67. The lowest BCUT2D eigenvalue weighted by molar-refractivity contribution is -0.137. The molecule has 0 fully saturated rings. The molecule has 0 aliphatic carbocycles. The van der Waals surface area contributed by atoms with Crippen LogP contribution >= 0.6 is 0 Å². The smallest absolute Gasteiger partial charge is 0.416 e. The third kappa shape index (κ3) is 3.75. The summed E-state index contributed by atoms with van der Waals surface area (Å²) in [6.45, 7) is 0. The van der Waals surface area contributed by atoms with Crippen LogP contribution in [0.3, 0.4) is 0 Å². The van der Waals surface area contributed by atoms with E-state index in [0.717, 1.165) is 12.1 Å². The highest BCUT2D eigenvalue weighted by molar-refractivity contribution is 5.94. The summed E-state index contributed by atoms with van der Waals surface area (Å²) in [7, 11) is 1.52. The van der Waals surface area contributed by atoms with E-state index in [1.54, 1.807) is 24.3 Å². The van der Waals surface area contributed by atoms with Crippen molar-refractivity contribution in [2.24, 2.45) is 0 Å². The Morgan fingerprint density at radius 1 is 0.952 bits per heavy atom. The molecule has 2 aromatic carbocycles. The number of hydrogen-bond acceptors (Lipinski definition) is 2. The van der Waals surface area contributed by atoms with Crippen molar-refractivity contribution in [2.45, 2.75) is 6.18 Å². The second-order valence-corrected chi connectivity index (χ2v) is 4.23. The highest BCUT2D eigenvalue weighted by Gasteiger charge is 2.30. The van der Waals surface area contributed by atoms with Gasteiger partial charge in [0, 0.05) is 12.6 Å². The molecule has 0 saturated carbocycles. The molecule has 0 aromatic heterocycles. The molecule has 2 aromatic rings. The van der Waals surface area contributed by atoms with Gasteiger partial charge >= 0.3 is 6.18 Å². The molecule has 110 valence electrons. The summed E-state index contributed by atoms with van der Waals surface area (Å²) in [5, 5.41) is 2.48. The Hall–Kier alpha value is -2.50. The van der Waals surface area contributed by atoms with E-state index in [9.17, 15) is 18.0 Å². The maximum Gasteiger partial charge on any atom is 0.416 e. The number of rotatable bonds is 3. The molecule has 2 rings (SSSR count). The van der Waals surface area contributed by atoms with Crippen molar-refractivity contribution in [1.82, 2.24) is 5.32 Å². The Bertz CT molecular complexity index is 619. The van der Waals surface area contributed by atoms with Crippen LogP contribution in [0.2, 0.25) is 0 Å². The average Bonchev–Trinajstić information content (AvgIpc) is 2.47. The summed E-state index contributed by atoms with van der Waals surface area (Å²) in [5.74, 6) is 0.495. The zero-order valence-electron chi connectivity index (χ0n) is 11.1. The molecule has 0 unspecified atom stereocenters. The Balaban J connectivity index is 2.10. The number of amides is 1. The molecule has 0 atom stereocenters. The van der Waals surface area contributed by atoms with Crippen molar-refractivity contribution in [3.63, 3.8) is 0 Å². The third-order valence-electron chi connectivity index (χ3n) is 2.76. The fraction of sp³-hybridized carbons (Fsp3) is 0.133. The van der Waals surface area contributed by atoms with Gasteiger partial charge in [-0.3, -0.25) is 4.79 Å². The number of hydrogen-bond donors (Lipinski definition) is 1. The quantitative estimate of drug-likeness (QED) is 0.933. The molecule has 0 heterocycles. The predicted octanol–water partition coefficient (Wildman–Crippen LogP) is 3.86. The van der Waals surface area contributed by atoms with E-state index >= 15 is 0 Å². The number of halogens is 3. The summed E-state index contributed by atoms with van der Waals surface area (Å²) in [6.07, 6.45) is -4.37. The van der Waals surface area contributed by atoms with E-state index in [1.807, 2.05) is 0 Å². The first kappa shape index (κ1) is 14.9.